The molecule has 0 aliphatic heterocycles. The van der Waals surface area contributed by atoms with Crippen molar-refractivity contribution in [2.24, 2.45) is 5.73 Å². The summed E-state index contributed by atoms with van der Waals surface area (Å²) in [5.74, 6) is 0.344. The lowest BCUT2D eigenvalue weighted by molar-refractivity contribution is 0.100. The number of Topliss-reactive ketones (excluding diaryl/α,β-unsaturated/α-hetero) is 1. The fourth-order valence-corrected chi connectivity index (χ4v) is 3.39. The predicted octanol–water partition coefficient (Wildman–Crippen LogP) is 3.89. The Morgan fingerprint density at radius 1 is 1.35 bits per heavy atom. The molecule has 6 heteroatoms. The zero-order chi connectivity index (χ0) is 18.7. The van der Waals surface area contributed by atoms with E-state index in [0.29, 0.717) is 28.3 Å². The summed E-state index contributed by atoms with van der Waals surface area (Å²) in [4.78, 5) is 15.8. The lowest BCUT2D eigenvalue weighted by atomic mass is 10.0. The summed E-state index contributed by atoms with van der Waals surface area (Å²) >= 11 is 6.10. The third-order valence-electron chi connectivity index (χ3n) is 4.30. The SMILES string of the molecule is [C-]#[N+]COc1cccn2c(Cc3cccc(Cl)c3)c(C)c(C(=O)CN)c12. The molecular formula is C20H18ClN3O2. The molecule has 2 aromatic heterocycles. The number of carbonyl (C=O) groups is 1. The smallest absolute Gasteiger partial charge is 0.357 e. The number of pyridine rings is 1. The van der Waals surface area contributed by atoms with Gasteiger partial charge in [-0.3, -0.25) is 9.64 Å². The lowest BCUT2D eigenvalue weighted by Gasteiger charge is -2.07. The molecule has 0 bridgehead atoms. The fourth-order valence-electron chi connectivity index (χ4n) is 3.18. The van der Waals surface area contributed by atoms with E-state index in [9.17, 15) is 4.79 Å². The summed E-state index contributed by atoms with van der Waals surface area (Å²) in [5, 5.41) is 0.667. The number of aromatic nitrogens is 1. The number of nitrogens with two attached hydrogens (primary N) is 1. The van der Waals surface area contributed by atoms with Crippen molar-refractivity contribution in [3.05, 3.63) is 81.4 Å². The summed E-state index contributed by atoms with van der Waals surface area (Å²) in [6, 6.07) is 11.2. The number of hydrogen-bond acceptors (Lipinski definition) is 3. The number of rotatable bonds is 6. The summed E-state index contributed by atoms with van der Waals surface area (Å²) < 4.78 is 7.50. The van der Waals surface area contributed by atoms with E-state index in [4.69, 9.17) is 28.6 Å². The number of halogens is 1. The van der Waals surface area contributed by atoms with Crippen LogP contribution in [0.25, 0.3) is 10.4 Å². The van der Waals surface area contributed by atoms with Gasteiger partial charge in [-0.1, -0.05) is 23.7 Å². The highest BCUT2D eigenvalue weighted by atomic mass is 35.5. The molecule has 26 heavy (non-hydrogen) atoms. The lowest BCUT2D eigenvalue weighted by Crippen LogP contribution is -2.14. The van der Waals surface area contributed by atoms with Gasteiger partial charge in [0.2, 0.25) is 0 Å². The van der Waals surface area contributed by atoms with Gasteiger partial charge in [0, 0.05) is 23.3 Å². The molecule has 3 aromatic rings. The van der Waals surface area contributed by atoms with E-state index in [-0.39, 0.29) is 19.1 Å². The molecule has 5 nitrogen and oxygen atoms in total. The Morgan fingerprint density at radius 2 is 2.15 bits per heavy atom. The highest BCUT2D eigenvalue weighted by molar-refractivity contribution is 6.30. The van der Waals surface area contributed by atoms with Crippen LogP contribution < -0.4 is 10.5 Å². The van der Waals surface area contributed by atoms with Gasteiger partial charge in [-0.05, 0) is 42.3 Å². The minimum atomic E-state index is -0.156. The molecule has 3 rings (SSSR count). The maximum atomic E-state index is 12.5. The maximum Gasteiger partial charge on any atom is 0.357 e. The van der Waals surface area contributed by atoms with Crippen LogP contribution in [0.1, 0.15) is 27.2 Å². The van der Waals surface area contributed by atoms with Gasteiger partial charge in [0.1, 0.15) is 0 Å². The molecule has 2 heterocycles. The molecule has 0 radical (unpaired) electrons. The Hall–Kier alpha value is -2.81. The highest BCUT2D eigenvalue weighted by Crippen LogP contribution is 2.32. The van der Waals surface area contributed by atoms with Gasteiger partial charge >= 0.3 is 6.73 Å². The van der Waals surface area contributed by atoms with E-state index in [1.807, 2.05) is 47.9 Å². The minimum Gasteiger partial charge on any atom is -0.424 e. The van der Waals surface area contributed by atoms with E-state index in [1.165, 1.54) is 0 Å². The van der Waals surface area contributed by atoms with Crippen LogP contribution in [0, 0.1) is 13.5 Å². The Labute approximate surface area is 156 Å². The molecule has 0 spiro atoms. The van der Waals surface area contributed by atoms with E-state index < -0.39 is 0 Å². The van der Waals surface area contributed by atoms with Gasteiger partial charge in [0.25, 0.3) is 0 Å². The predicted molar refractivity (Wildman–Crippen MR) is 102 cm³/mol. The van der Waals surface area contributed by atoms with Gasteiger partial charge in [-0.25, -0.2) is 6.57 Å². The molecule has 0 saturated carbocycles. The Bertz CT molecular complexity index is 1020. The van der Waals surface area contributed by atoms with Crippen LogP contribution in [-0.2, 0) is 6.42 Å². The zero-order valence-corrected chi connectivity index (χ0v) is 15.1. The molecule has 0 atom stereocenters. The second-order valence-corrected chi connectivity index (χ2v) is 6.34. The zero-order valence-electron chi connectivity index (χ0n) is 14.3. The monoisotopic (exact) mass is 367 g/mol. The number of ether oxygens (including phenoxy) is 1. The van der Waals surface area contributed by atoms with Crippen molar-refractivity contribution >= 4 is 22.9 Å². The van der Waals surface area contributed by atoms with Gasteiger partial charge < -0.3 is 14.9 Å². The van der Waals surface area contributed by atoms with Crippen LogP contribution in [0.15, 0.2) is 42.6 Å². The average Bonchev–Trinajstić information content (AvgIpc) is 2.92. The number of hydrogen-bond donors (Lipinski definition) is 1. The fraction of sp³-hybridized carbons (Fsp3) is 0.200. The second-order valence-electron chi connectivity index (χ2n) is 5.90. The maximum absolute atomic E-state index is 12.5. The van der Waals surface area contributed by atoms with Crippen LogP contribution in [0.5, 0.6) is 5.75 Å². The van der Waals surface area contributed by atoms with E-state index in [2.05, 4.69) is 4.85 Å². The third-order valence-corrected chi connectivity index (χ3v) is 4.54. The summed E-state index contributed by atoms with van der Waals surface area (Å²) in [6.07, 6.45) is 2.50. The molecule has 2 N–H and O–H groups in total. The van der Waals surface area contributed by atoms with Crippen molar-refractivity contribution in [1.29, 1.82) is 0 Å². The number of benzene rings is 1. The van der Waals surface area contributed by atoms with Gasteiger partial charge in [0.15, 0.2) is 11.5 Å². The first-order valence-electron chi connectivity index (χ1n) is 8.13. The van der Waals surface area contributed by atoms with Crippen molar-refractivity contribution in [2.45, 2.75) is 13.3 Å². The summed E-state index contributed by atoms with van der Waals surface area (Å²) in [6.45, 7) is 8.66. The first-order chi connectivity index (χ1) is 12.6. The molecule has 132 valence electrons. The molecule has 1 aromatic carbocycles. The quantitative estimate of drug-likeness (QED) is 0.531. The molecule has 0 aliphatic rings. The van der Waals surface area contributed by atoms with Crippen molar-refractivity contribution in [1.82, 2.24) is 4.40 Å². The summed E-state index contributed by atoms with van der Waals surface area (Å²) in [5.41, 5.74) is 9.70. The van der Waals surface area contributed by atoms with Crippen molar-refractivity contribution in [3.8, 4) is 5.75 Å². The summed E-state index contributed by atoms with van der Waals surface area (Å²) in [7, 11) is 0. The Morgan fingerprint density at radius 3 is 2.85 bits per heavy atom. The van der Waals surface area contributed by atoms with Crippen LogP contribution in [0.3, 0.4) is 0 Å². The number of carbonyl (C=O) groups excluding carboxylic acids is 1. The molecule has 0 fully saturated rings. The van der Waals surface area contributed by atoms with Crippen LogP contribution in [0.4, 0.5) is 0 Å². The van der Waals surface area contributed by atoms with Crippen molar-refractivity contribution < 1.29 is 9.53 Å². The van der Waals surface area contributed by atoms with Crippen LogP contribution >= 0.6 is 11.6 Å². The average molecular weight is 368 g/mol. The standard InChI is InChI=1S/C20H18ClN3O2/c1-13-16(10-14-5-3-6-15(21)9-14)24-8-4-7-18(26-12-23-2)20(24)19(13)17(25)11-22/h3-9H,10-12,22H2,1H3. The van der Waals surface area contributed by atoms with E-state index in [0.717, 1.165) is 16.8 Å². The molecule has 0 aliphatic carbocycles. The van der Waals surface area contributed by atoms with Gasteiger partial charge in [0.05, 0.1) is 17.6 Å². The van der Waals surface area contributed by atoms with Gasteiger partial charge in [-0.2, -0.15) is 0 Å². The van der Waals surface area contributed by atoms with Gasteiger partial charge in [-0.15, -0.1) is 0 Å². The first-order valence-corrected chi connectivity index (χ1v) is 8.50. The highest BCUT2D eigenvalue weighted by Gasteiger charge is 2.23. The normalized spacial score (nSPS) is 10.7. The van der Waals surface area contributed by atoms with Crippen LogP contribution in [-0.4, -0.2) is 23.5 Å². The van der Waals surface area contributed by atoms with Crippen molar-refractivity contribution in [3.63, 3.8) is 0 Å². The first kappa shape index (κ1) is 18.0. The molecule has 0 unspecified atom stereocenters. The third kappa shape index (κ3) is 3.30. The molecule has 0 amide bonds. The number of nitrogens with zero attached hydrogens (tertiary/aromatic N) is 2. The van der Waals surface area contributed by atoms with E-state index >= 15 is 0 Å². The Kier molecular flexibility index (Phi) is 5.27. The Balaban J connectivity index is 2.22. The largest absolute Gasteiger partial charge is 0.424 e. The minimum absolute atomic E-state index is 0.0890. The number of fused-ring (bicyclic) bond motifs is 1. The van der Waals surface area contributed by atoms with E-state index in [1.54, 1.807) is 6.07 Å². The second kappa shape index (κ2) is 7.61. The molecular weight excluding hydrogens is 350 g/mol. The topological polar surface area (TPSA) is 61.1 Å². The van der Waals surface area contributed by atoms with Crippen molar-refractivity contribution in [2.75, 3.05) is 13.3 Å². The number of ketones is 1. The van der Waals surface area contributed by atoms with Crippen LogP contribution in [0.2, 0.25) is 5.02 Å². The molecule has 0 saturated heterocycles.